The van der Waals surface area contributed by atoms with Crippen molar-refractivity contribution in [2.24, 2.45) is 10.6 Å². The molecule has 1 aromatic carbocycles. The first kappa shape index (κ1) is 14.9. The average Bonchev–Trinajstić information content (AvgIpc) is 2.45. The highest BCUT2D eigenvalue weighted by atomic mass is 16.7. The number of hydrogen-bond acceptors (Lipinski definition) is 4. The zero-order chi connectivity index (χ0) is 15.5. The first-order valence-corrected chi connectivity index (χ1v) is 6.67. The molecule has 0 saturated carbocycles. The molecule has 0 aliphatic heterocycles. The molecule has 108 valence electrons. The van der Waals surface area contributed by atoms with Gasteiger partial charge in [-0.15, -0.1) is 0 Å². The minimum absolute atomic E-state index is 0.0455. The van der Waals surface area contributed by atoms with E-state index >= 15 is 0 Å². The van der Waals surface area contributed by atoms with Gasteiger partial charge in [-0.1, -0.05) is 44.1 Å². The molecule has 0 aromatic heterocycles. The van der Waals surface area contributed by atoms with Crippen molar-refractivity contribution in [3.05, 3.63) is 59.7 Å². The van der Waals surface area contributed by atoms with Gasteiger partial charge in [-0.25, -0.2) is 4.79 Å². The molecule has 4 heteroatoms. The lowest BCUT2D eigenvalue weighted by Crippen LogP contribution is -2.20. The molecule has 0 N–H and O–H groups in total. The molecule has 0 radical (unpaired) electrons. The largest absolute Gasteiger partial charge is 0.365 e. The molecule has 0 saturated heterocycles. The van der Waals surface area contributed by atoms with E-state index in [1.165, 1.54) is 12.2 Å². The zero-order valence-corrected chi connectivity index (χ0v) is 12.3. The Balaban J connectivity index is 2.15. The van der Waals surface area contributed by atoms with Gasteiger partial charge in [-0.2, -0.15) is 0 Å². The Bertz CT molecular complexity index is 646. The van der Waals surface area contributed by atoms with E-state index in [9.17, 15) is 9.59 Å². The second-order valence-electron chi connectivity index (χ2n) is 5.77. The molecule has 0 atom stereocenters. The number of ketones is 1. The summed E-state index contributed by atoms with van der Waals surface area (Å²) in [4.78, 5) is 28.5. The van der Waals surface area contributed by atoms with Gasteiger partial charge in [0.25, 0.3) is 0 Å². The topological polar surface area (TPSA) is 55.7 Å². The Morgan fingerprint density at radius 2 is 1.76 bits per heavy atom. The molecule has 0 amide bonds. The monoisotopic (exact) mass is 283 g/mol. The Labute approximate surface area is 123 Å². The third-order valence-electron chi connectivity index (χ3n) is 3.01. The van der Waals surface area contributed by atoms with Gasteiger partial charge in [0.15, 0.2) is 5.78 Å². The highest BCUT2D eigenvalue weighted by Gasteiger charge is 2.24. The van der Waals surface area contributed by atoms with E-state index in [1.807, 2.05) is 26.8 Å². The predicted octanol–water partition coefficient (Wildman–Crippen LogP) is 3.31. The van der Waals surface area contributed by atoms with Crippen molar-refractivity contribution in [3.63, 3.8) is 0 Å². The Morgan fingerprint density at radius 1 is 1.10 bits per heavy atom. The number of benzene rings is 1. The van der Waals surface area contributed by atoms with Gasteiger partial charge in [0.05, 0.1) is 5.56 Å². The normalized spacial score (nSPS) is 16.8. The summed E-state index contributed by atoms with van der Waals surface area (Å²) < 4.78 is 0. The fourth-order valence-electron chi connectivity index (χ4n) is 1.88. The van der Waals surface area contributed by atoms with E-state index in [2.05, 4.69) is 5.16 Å². The Kier molecular flexibility index (Phi) is 4.17. The van der Waals surface area contributed by atoms with Crippen LogP contribution in [-0.4, -0.2) is 17.5 Å². The lowest BCUT2D eigenvalue weighted by molar-refractivity contribution is -0.112. The van der Waals surface area contributed by atoms with Crippen LogP contribution in [-0.2, 0) is 9.63 Å². The van der Waals surface area contributed by atoms with Crippen LogP contribution in [0.3, 0.4) is 0 Å². The van der Waals surface area contributed by atoms with E-state index in [0.29, 0.717) is 16.8 Å². The molecule has 0 heterocycles. The molecule has 1 aromatic rings. The molecule has 0 fully saturated rings. The van der Waals surface area contributed by atoms with Gasteiger partial charge in [0, 0.05) is 5.57 Å². The Hall–Kier alpha value is -2.49. The molecule has 0 unspecified atom stereocenters. The highest BCUT2D eigenvalue weighted by molar-refractivity contribution is 6.19. The van der Waals surface area contributed by atoms with Crippen LogP contribution >= 0.6 is 0 Å². The third-order valence-corrected chi connectivity index (χ3v) is 3.01. The lowest BCUT2D eigenvalue weighted by Gasteiger charge is -2.22. The Morgan fingerprint density at radius 3 is 2.38 bits per heavy atom. The summed E-state index contributed by atoms with van der Waals surface area (Å²) in [6, 6.07) is 8.62. The van der Waals surface area contributed by atoms with Gasteiger partial charge in [0.2, 0.25) is 0 Å². The zero-order valence-electron chi connectivity index (χ0n) is 12.3. The maximum absolute atomic E-state index is 11.8. The average molecular weight is 283 g/mol. The van der Waals surface area contributed by atoms with Crippen LogP contribution in [0.4, 0.5) is 0 Å². The van der Waals surface area contributed by atoms with Crippen molar-refractivity contribution < 1.29 is 14.4 Å². The van der Waals surface area contributed by atoms with Crippen molar-refractivity contribution in [3.8, 4) is 0 Å². The third kappa shape index (κ3) is 3.75. The van der Waals surface area contributed by atoms with E-state index in [0.717, 1.165) is 0 Å². The molecule has 0 spiro atoms. The number of allylic oxidation sites excluding steroid dienone is 4. The fraction of sp³-hybridized carbons (Fsp3) is 0.235. The number of rotatable bonds is 2. The molecular weight excluding hydrogens is 266 g/mol. The van der Waals surface area contributed by atoms with Gasteiger partial charge in [-0.05, 0) is 35.8 Å². The van der Waals surface area contributed by atoms with Crippen LogP contribution in [0.1, 0.15) is 31.1 Å². The summed E-state index contributed by atoms with van der Waals surface area (Å²) in [5, 5.41) is 3.81. The fourth-order valence-corrected chi connectivity index (χ4v) is 1.88. The van der Waals surface area contributed by atoms with Crippen LogP contribution in [0.5, 0.6) is 0 Å². The second kappa shape index (κ2) is 5.87. The smallest absolute Gasteiger partial charge is 0.312 e. The van der Waals surface area contributed by atoms with Crippen LogP contribution in [0.2, 0.25) is 0 Å². The van der Waals surface area contributed by atoms with Gasteiger partial charge in [-0.3, -0.25) is 4.79 Å². The summed E-state index contributed by atoms with van der Waals surface area (Å²) in [6.07, 6.45) is 4.63. The van der Waals surface area contributed by atoms with Gasteiger partial charge >= 0.3 is 5.97 Å². The standard InChI is InChI=1S/C17H17NO3/c1-17(2,3)14-11-13(9-10-15(14)19)18-21-16(20)12-7-5-4-6-8-12/h4-11H,1-3H3. The molecule has 2 rings (SSSR count). The lowest BCUT2D eigenvalue weighted by atomic mass is 9.81. The SMILES string of the molecule is CC(C)(C)C1=CC(=NOC(=O)c2ccccc2)C=CC1=O. The predicted molar refractivity (Wildman–Crippen MR) is 81.0 cm³/mol. The van der Waals surface area contributed by atoms with Crippen molar-refractivity contribution in [2.75, 3.05) is 0 Å². The summed E-state index contributed by atoms with van der Waals surface area (Å²) in [5.74, 6) is -0.574. The maximum atomic E-state index is 11.8. The highest BCUT2D eigenvalue weighted by Crippen LogP contribution is 2.28. The number of oxime groups is 1. The number of carbonyl (C=O) groups excluding carboxylic acids is 2. The van der Waals surface area contributed by atoms with Gasteiger partial charge < -0.3 is 4.84 Å². The van der Waals surface area contributed by atoms with Crippen LogP contribution in [0, 0.1) is 5.41 Å². The number of carbonyl (C=O) groups is 2. The van der Waals surface area contributed by atoms with Crippen molar-refractivity contribution in [2.45, 2.75) is 20.8 Å². The molecule has 1 aliphatic carbocycles. The minimum Gasteiger partial charge on any atom is -0.312 e. The summed E-state index contributed by atoms with van der Waals surface area (Å²) in [7, 11) is 0. The quantitative estimate of drug-likeness (QED) is 0.475. The van der Waals surface area contributed by atoms with Gasteiger partial charge in [0.1, 0.15) is 5.71 Å². The van der Waals surface area contributed by atoms with Crippen molar-refractivity contribution in [1.82, 2.24) is 0 Å². The van der Waals surface area contributed by atoms with E-state index in [-0.39, 0.29) is 11.2 Å². The minimum atomic E-state index is -0.529. The molecule has 21 heavy (non-hydrogen) atoms. The first-order chi connectivity index (χ1) is 9.88. The maximum Gasteiger partial charge on any atom is 0.365 e. The first-order valence-electron chi connectivity index (χ1n) is 6.67. The summed E-state index contributed by atoms with van der Waals surface area (Å²) in [6.45, 7) is 5.84. The second-order valence-corrected chi connectivity index (χ2v) is 5.77. The molecule has 1 aliphatic rings. The number of hydrogen-bond donors (Lipinski definition) is 0. The van der Waals surface area contributed by atoms with Crippen LogP contribution < -0.4 is 0 Å². The van der Waals surface area contributed by atoms with Crippen molar-refractivity contribution in [1.29, 1.82) is 0 Å². The van der Waals surface area contributed by atoms with E-state index < -0.39 is 5.97 Å². The van der Waals surface area contributed by atoms with E-state index in [4.69, 9.17) is 4.84 Å². The molecule has 0 bridgehead atoms. The summed E-state index contributed by atoms with van der Waals surface area (Å²) >= 11 is 0. The van der Waals surface area contributed by atoms with Crippen LogP contribution in [0.25, 0.3) is 0 Å². The number of nitrogens with zero attached hydrogens (tertiary/aromatic N) is 1. The van der Waals surface area contributed by atoms with E-state index in [1.54, 1.807) is 30.3 Å². The summed E-state index contributed by atoms with van der Waals surface area (Å²) in [5.41, 5.74) is 1.23. The van der Waals surface area contributed by atoms with Crippen LogP contribution in [0.15, 0.2) is 59.3 Å². The molecular formula is C17H17NO3. The molecule has 4 nitrogen and oxygen atoms in total. The van der Waals surface area contributed by atoms with Crippen molar-refractivity contribution >= 4 is 17.5 Å².